The Hall–Kier alpha value is -3.05. The Morgan fingerprint density at radius 3 is 2.62 bits per heavy atom. The van der Waals surface area contributed by atoms with Gasteiger partial charge in [-0.3, -0.25) is 0 Å². The lowest BCUT2D eigenvalue weighted by molar-refractivity contribution is 0.0691. The zero-order chi connectivity index (χ0) is 16.7. The van der Waals surface area contributed by atoms with Gasteiger partial charge in [-0.05, 0) is 30.3 Å². The van der Waals surface area contributed by atoms with Crippen LogP contribution in [0.3, 0.4) is 0 Å². The molecule has 0 saturated heterocycles. The minimum absolute atomic E-state index is 0.121. The Labute approximate surface area is 141 Å². The lowest BCUT2D eigenvalue weighted by atomic mass is 10.1. The van der Waals surface area contributed by atoms with Crippen molar-refractivity contribution in [2.24, 2.45) is 0 Å². The van der Waals surface area contributed by atoms with Crippen LogP contribution in [-0.2, 0) is 0 Å². The Balaban J connectivity index is 1.91. The second-order valence-corrected chi connectivity index (χ2v) is 5.69. The third-order valence-electron chi connectivity index (χ3n) is 3.75. The molecule has 4 rings (SSSR count). The molecule has 0 unspecified atom stereocenters. The molecule has 24 heavy (non-hydrogen) atoms. The lowest BCUT2D eigenvalue weighted by Gasteiger charge is -1.97. The third kappa shape index (κ3) is 2.35. The SMILES string of the molecule is O=C(O)c1nc(-c2ccc(Cl)cc2)oc1-c1c[nH]c2ccccc12. The molecular formula is C18H11ClN2O3. The van der Waals surface area contributed by atoms with Crippen molar-refractivity contribution < 1.29 is 14.3 Å². The number of para-hydroxylation sites is 1. The molecule has 118 valence electrons. The predicted molar refractivity (Wildman–Crippen MR) is 91.2 cm³/mol. The molecule has 0 bridgehead atoms. The number of hydrogen-bond donors (Lipinski definition) is 2. The summed E-state index contributed by atoms with van der Waals surface area (Å²) < 4.78 is 5.80. The van der Waals surface area contributed by atoms with E-state index in [2.05, 4.69) is 9.97 Å². The number of aromatic amines is 1. The zero-order valence-corrected chi connectivity index (χ0v) is 13.0. The Morgan fingerprint density at radius 2 is 1.88 bits per heavy atom. The van der Waals surface area contributed by atoms with Crippen molar-refractivity contribution in [3.05, 3.63) is 65.4 Å². The number of aromatic nitrogens is 2. The summed E-state index contributed by atoms with van der Waals surface area (Å²) in [5, 5.41) is 10.9. The number of aromatic carboxylic acids is 1. The molecule has 0 fully saturated rings. The topological polar surface area (TPSA) is 79.1 Å². The van der Waals surface area contributed by atoms with Crippen LogP contribution in [0, 0.1) is 0 Å². The van der Waals surface area contributed by atoms with Crippen molar-refractivity contribution in [2.75, 3.05) is 0 Å². The molecular weight excluding hydrogens is 328 g/mol. The number of fused-ring (bicyclic) bond motifs is 1. The number of halogens is 1. The smallest absolute Gasteiger partial charge is 0.358 e. The van der Waals surface area contributed by atoms with E-state index in [0.717, 1.165) is 10.9 Å². The first-order chi connectivity index (χ1) is 11.6. The molecule has 5 nitrogen and oxygen atoms in total. The maximum Gasteiger partial charge on any atom is 0.358 e. The van der Waals surface area contributed by atoms with Crippen LogP contribution in [0.1, 0.15) is 10.5 Å². The lowest BCUT2D eigenvalue weighted by Crippen LogP contribution is -1.98. The molecule has 2 heterocycles. The fourth-order valence-corrected chi connectivity index (χ4v) is 2.75. The minimum atomic E-state index is -1.14. The van der Waals surface area contributed by atoms with E-state index in [4.69, 9.17) is 16.0 Å². The first-order valence-electron chi connectivity index (χ1n) is 7.20. The summed E-state index contributed by atoms with van der Waals surface area (Å²) in [6, 6.07) is 14.5. The highest BCUT2D eigenvalue weighted by Crippen LogP contribution is 2.34. The van der Waals surface area contributed by atoms with Gasteiger partial charge in [0.1, 0.15) is 0 Å². The number of benzene rings is 2. The third-order valence-corrected chi connectivity index (χ3v) is 4.01. The highest BCUT2D eigenvalue weighted by Gasteiger charge is 2.23. The fraction of sp³-hybridized carbons (Fsp3) is 0. The number of carbonyl (C=O) groups is 1. The van der Waals surface area contributed by atoms with Crippen LogP contribution in [-0.4, -0.2) is 21.0 Å². The van der Waals surface area contributed by atoms with Gasteiger partial charge in [0.15, 0.2) is 11.5 Å². The number of nitrogens with one attached hydrogen (secondary N) is 1. The Bertz CT molecular complexity index is 1050. The Kier molecular flexibility index (Phi) is 3.36. The first-order valence-corrected chi connectivity index (χ1v) is 7.58. The molecule has 0 aliphatic carbocycles. The summed E-state index contributed by atoms with van der Waals surface area (Å²) in [6.45, 7) is 0. The van der Waals surface area contributed by atoms with E-state index in [1.807, 2.05) is 24.3 Å². The largest absolute Gasteiger partial charge is 0.476 e. The summed E-state index contributed by atoms with van der Waals surface area (Å²) in [7, 11) is 0. The van der Waals surface area contributed by atoms with Crippen molar-refractivity contribution >= 4 is 28.5 Å². The second-order valence-electron chi connectivity index (χ2n) is 5.26. The maximum absolute atomic E-state index is 11.6. The number of rotatable bonds is 3. The average molecular weight is 339 g/mol. The molecule has 2 aromatic heterocycles. The van der Waals surface area contributed by atoms with Gasteiger partial charge in [0, 0.05) is 33.2 Å². The molecule has 0 radical (unpaired) electrons. The van der Waals surface area contributed by atoms with Crippen molar-refractivity contribution in [2.45, 2.75) is 0 Å². The molecule has 0 amide bonds. The van der Waals surface area contributed by atoms with E-state index in [0.29, 0.717) is 16.1 Å². The molecule has 6 heteroatoms. The first kappa shape index (κ1) is 14.5. The van der Waals surface area contributed by atoms with Gasteiger partial charge >= 0.3 is 5.97 Å². The van der Waals surface area contributed by atoms with Crippen LogP contribution in [0.2, 0.25) is 5.02 Å². The molecule has 0 aliphatic heterocycles. The van der Waals surface area contributed by atoms with Gasteiger partial charge in [0.05, 0.1) is 0 Å². The normalized spacial score (nSPS) is 11.0. The zero-order valence-electron chi connectivity index (χ0n) is 12.3. The molecule has 0 spiro atoms. The Morgan fingerprint density at radius 1 is 1.12 bits per heavy atom. The number of nitrogens with zero attached hydrogens (tertiary/aromatic N) is 1. The fourth-order valence-electron chi connectivity index (χ4n) is 2.62. The van der Waals surface area contributed by atoms with E-state index in [-0.39, 0.29) is 17.3 Å². The monoisotopic (exact) mass is 338 g/mol. The second kappa shape index (κ2) is 5.54. The molecule has 2 aromatic carbocycles. The predicted octanol–water partition coefficient (Wildman–Crippen LogP) is 4.84. The standard InChI is InChI=1S/C18H11ClN2O3/c19-11-7-5-10(6-8-11)17-21-15(18(22)23)16(24-17)13-9-20-14-4-2-1-3-12(13)14/h1-9,20H,(H,22,23). The van der Waals surface area contributed by atoms with Crippen molar-refractivity contribution in [3.63, 3.8) is 0 Å². The van der Waals surface area contributed by atoms with Gasteiger partial charge in [0.2, 0.25) is 5.89 Å². The van der Waals surface area contributed by atoms with Gasteiger partial charge in [-0.2, -0.15) is 0 Å². The molecule has 0 saturated carbocycles. The molecule has 0 atom stereocenters. The highest BCUT2D eigenvalue weighted by molar-refractivity contribution is 6.30. The van der Waals surface area contributed by atoms with Crippen molar-refractivity contribution in [3.8, 4) is 22.8 Å². The van der Waals surface area contributed by atoms with E-state index >= 15 is 0 Å². The van der Waals surface area contributed by atoms with E-state index in [9.17, 15) is 9.90 Å². The summed E-state index contributed by atoms with van der Waals surface area (Å²) in [6.07, 6.45) is 1.73. The average Bonchev–Trinajstić information content (AvgIpc) is 3.19. The summed E-state index contributed by atoms with van der Waals surface area (Å²) in [4.78, 5) is 18.9. The van der Waals surface area contributed by atoms with Crippen LogP contribution < -0.4 is 0 Å². The van der Waals surface area contributed by atoms with E-state index < -0.39 is 5.97 Å². The van der Waals surface area contributed by atoms with Gasteiger partial charge in [-0.15, -0.1) is 0 Å². The minimum Gasteiger partial charge on any atom is -0.476 e. The van der Waals surface area contributed by atoms with Crippen LogP contribution in [0.4, 0.5) is 0 Å². The van der Waals surface area contributed by atoms with Gasteiger partial charge in [0.25, 0.3) is 0 Å². The van der Waals surface area contributed by atoms with Gasteiger partial charge in [-0.1, -0.05) is 29.8 Å². The van der Waals surface area contributed by atoms with Gasteiger partial charge < -0.3 is 14.5 Å². The van der Waals surface area contributed by atoms with Crippen molar-refractivity contribution in [1.82, 2.24) is 9.97 Å². The number of oxazole rings is 1. The summed E-state index contributed by atoms with van der Waals surface area (Å²) >= 11 is 5.88. The van der Waals surface area contributed by atoms with Crippen LogP contribution in [0.5, 0.6) is 0 Å². The highest BCUT2D eigenvalue weighted by atomic mass is 35.5. The van der Waals surface area contributed by atoms with Crippen LogP contribution >= 0.6 is 11.6 Å². The summed E-state index contributed by atoms with van der Waals surface area (Å²) in [5.41, 5.74) is 2.10. The van der Waals surface area contributed by atoms with E-state index in [1.54, 1.807) is 30.5 Å². The quantitative estimate of drug-likeness (QED) is 0.560. The molecule has 4 aromatic rings. The van der Waals surface area contributed by atoms with Crippen molar-refractivity contribution in [1.29, 1.82) is 0 Å². The number of carboxylic acid groups (broad SMARTS) is 1. The maximum atomic E-state index is 11.6. The van der Waals surface area contributed by atoms with Crippen LogP contribution in [0.15, 0.2) is 59.1 Å². The number of hydrogen-bond acceptors (Lipinski definition) is 3. The van der Waals surface area contributed by atoms with Gasteiger partial charge in [-0.25, -0.2) is 9.78 Å². The number of H-pyrrole nitrogens is 1. The molecule has 2 N–H and O–H groups in total. The van der Waals surface area contributed by atoms with Crippen LogP contribution in [0.25, 0.3) is 33.7 Å². The van der Waals surface area contributed by atoms with E-state index in [1.165, 1.54) is 0 Å². The summed E-state index contributed by atoms with van der Waals surface area (Å²) in [5.74, 6) is -0.673. The molecule has 0 aliphatic rings. The number of carboxylic acids is 1.